The first-order chi connectivity index (χ1) is 13.2. The van der Waals surface area contributed by atoms with E-state index in [1.807, 2.05) is 12.1 Å². The molecular formula is C23H30N2O2. The monoisotopic (exact) mass is 366 g/mol. The minimum absolute atomic E-state index is 0.424. The lowest BCUT2D eigenvalue weighted by Gasteiger charge is -2.34. The summed E-state index contributed by atoms with van der Waals surface area (Å²) in [4.78, 5) is 4.81. The summed E-state index contributed by atoms with van der Waals surface area (Å²) in [5.74, 6) is 1.62. The number of nitrogens with zero attached hydrogens (tertiary/aromatic N) is 2. The van der Waals surface area contributed by atoms with Crippen molar-refractivity contribution in [2.24, 2.45) is 5.92 Å². The molecule has 0 aromatic heterocycles. The third-order valence-corrected chi connectivity index (χ3v) is 6.10. The van der Waals surface area contributed by atoms with Crippen molar-refractivity contribution in [2.75, 3.05) is 33.3 Å². The molecule has 1 N–H and O–H groups in total. The number of aliphatic hydroxyl groups is 1. The third kappa shape index (κ3) is 4.34. The van der Waals surface area contributed by atoms with E-state index in [4.69, 9.17) is 4.74 Å². The van der Waals surface area contributed by atoms with Gasteiger partial charge in [0.15, 0.2) is 0 Å². The van der Waals surface area contributed by atoms with Crippen LogP contribution in [0.3, 0.4) is 0 Å². The van der Waals surface area contributed by atoms with Crippen LogP contribution in [0.25, 0.3) is 0 Å². The highest BCUT2D eigenvalue weighted by Gasteiger charge is 2.30. The second-order valence-corrected chi connectivity index (χ2v) is 7.89. The van der Waals surface area contributed by atoms with Crippen molar-refractivity contribution in [3.63, 3.8) is 0 Å². The van der Waals surface area contributed by atoms with Crippen molar-refractivity contribution in [1.82, 2.24) is 9.80 Å². The second-order valence-electron chi connectivity index (χ2n) is 7.89. The van der Waals surface area contributed by atoms with Crippen LogP contribution < -0.4 is 4.74 Å². The van der Waals surface area contributed by atoms with Gasteiger partial charge in [-0.2, -0.15) is 0 Å². The Morgan fingerprint density at radius 2 is 1.89 bits per heavy atom. The summed E-state index contributed by atoms with van der Waals surface area (Å²) < 4.78 is 5.32. The molecule has 0 amide bonds. The van der Waals surface area contributed by atoms with Crippen LogP contribution in [0.15, 0.2) is 48.5 Å². The average molecular weight is 367 g/mol. The lowest BCUT2D eigenvalue weighted by Crippen LogP contribution is -2.39. The van der Waals surface area contributed by atoms with Crippen molar-refractivity contribution in [1.29, 1.82) is 0 Å². The molecule has 0 aliphatic carbocycles. The molecule has 4 nitrogen and oxygen atoms in total. The summed E-state index contributed by atoms with van der Waals surface area (Å²) in [6.45, 7) is 5.31. The van der Waals surface area contributed by atoms with Crippen molar-refractivity contribution >= 4 is 0 Å². The minimum atomic E-state index is -0.424. The molecule has 0 bridgehead atoms. The number of methoxy groups -OCH3 is 1. The fraction of sp³-hybridized carbons (Fsp3) is 0.478. The molecule has 2 aliphatic heterocycles. The Labute approximate surface area is 162 Å². The molecule has 144 valence electrons. The molecule has 2 aromatic rings. The Hall–Kier alpha value is -1.88. The fourth-order valence-corrected chi connectivity index (χ4v) is 4.44. The van der Waals surface area contributed by atoms with Crippen molar-refractivity contribution < 1.29 is 9.84 Å². The summed E-state index contributed by atoms with van der Waals surface area (Å²) in [7, 11) is 1.72. The standard InChI is InChI=1S/C23H30N2O2/c1-27-21-7-4-5-18(15-21)9-12-24-13-10-19(11-14-24)16-25-17-20-6-2-3-8-22(20)23(25)26/h2-8,15,19,23,26H,9-14,16-17H2,1H3. The number of hydrogen-bond donors (Lipinski definition) is 1. The topological polar surface area (TPSA) is 35.9 Å². The Bertz CT molecular complexity index is 756. The molecule has 27 heavy (non-hydrogen) atoms. The zero-order valence-corrected chi connectivity index (χ0v) is 16.2. The van der Waals surface area contributed by atoms with Crippen LogP contribution in [0.4, 0.5) is 0 Å². The molecule has 0 saturated carbocycles. The highest BCUT2D eigenvalue weighted by Crippen LogP contribution is 2.33. The van der Waals surface area contributed by atoms with E-state index in [9.17, 15) is 5.11 Å². The van der Waals surface area contributed by atoms with Gasteiger partial charge in [-0.15, -0.1) is 0 Å². The minimum Gasteiger partial charge on any atom is -0.497 e. The molecule has 1 fully saturated rings. The summed E-state index contributed by atoms with van der Waals surface area (Å²) in [5.41, 5.74) is 3.71. The van der Waals surface area contributed by atoms with Gasteiger partial charge in [0.2, 0.25) is 0 Å². The number of piperidine rings is 1. The largest absolute Gasteiger partial charge is 0.497 e. The number of benzene rings is 2. The highest BCUT2D eigenvalue weighted by atomic mass is 16.5. The van der Waals surface area contributed by atoms with Gasteiger partial charge in [0.1, 0.15) is 12.0 Å². The SMILES string of the molecule is COc1cccc(CCN2CCC(CN3Cc4ccccc4C3O)CC2)c1. The van der Waals surface area contributed by atoms with Gasteiger partial charge in [-0.1, -0.05) is 36.4 Å². The Morgan fingerprint density at radius 1 is 1.07 bits per heavy atom. The number of aliphatic hydroxyl groups excluding tert-OH is 1. The first-order valence-electron chi connectivity index (χ1n) is 10.1. The summed E-state index contributed by atoms with van der Waals surface area (Å²) >= 11 is 0. The number of rotatable bonds is 6. The Morgan fingerprint density at radius 3 is 2.67 bits per heavy atom. The summed E-state index contributed by atoms with van der Waals surface area (Å²) in [5, 5.41) is 10.6. The first kappa shape index (κ1) is 18.5. The summed E-state index contributed by atoms with van der Waals surface area (Å²) in [6.07, 6.45) is 3.09. The number of fused-ring (bicyclic) bond motifs is 1. The highest BCUT2D eigenvalue weighted by molar-refractivity contribution is 5.32. The van der Waals surface area contributed by atoms with Crippen LogP contribution in [0, 0.1) is 5.92 Å². The van der Waals surface area contributed by atoms with E-state index in [2.05, 4.69) is 46.2 Å². The van der Waals surface area contributed by atoms with Crippen molar-refractivity contribution in [3.05, 3.63) is 65.2 Å². The van der Waals surface area contributed by atoms with E-state index in [-0.39, 0.29) is 0 Å². The van der Waals surface area contributed by atoms with Gasteiger partial charge in [-0.25, -0.2) is 0 Å². The molecular weight excluding hydrogens is 336 g/mol. The maximum absolute atomic E-state index is 10.6. The zero-order valence-electron chi connectivity index (χ0n) is 16.2. The van der Waals surface area contributed by atoms with Gasteiger partial charge in [-0.05, 0) is 67.1 Å². The van der Waals surface area contributed by atoms with Gasteiger partial charge in [0.05, 0.1) is 7.11 Å². The molecule has 2 aromatic carbocycles. The van der Waals surface area contributed by atoms with Crippen LogP contribution in [-0.4, -0.2) is 48.2 Å². The van der Waals surface area contributed by atoms with E-state index >= 15 is 0 Å². The smallest absolute Gasteiger partial charge is 0.134 e. The number of ether oxygens (including phenoxy) is 1. The molecule has 1 saturated heterocycles. The zero-order chi connectivity index (χ0) is 18.6. The predicted octanol–water partition coefficient (Wildman–Crippen LogP) is 3.46. The molecule has 1 unspecified atom stereocenters. The predicted molar refractivity (Wildman–Crippen MR) is 108 cm³/mol. The number of likely N-dealkylation sites (tertiary alicyclic amines) is 1. The molecule has 4 rings (SSSR count). The molecule has 2 aliphatic rings. The number of hydrogen-bond acceptors (Lipinski definition) is 4. The average Bonchev–Trinajstić information content (AvgIpc) is 3.03. The van der Waals surface area contributed by atoms with Gasteiger partial charge in [0.25, 0.3) is 0 Å². The first-order valence-corrected chi connectivity index (χ1v) is 10.1. The molecule has 4 heteroatoms. The van der Waals surface area contributed by atoms with Crippen molar-refractivity contribution in [2.45, 2.75) is 32.0 Å². The van der Waals surface area contributed by atoms with Crippen LogP contribution in [0.1, 0.15) is 35.8 Å². The third-order valence-electron chi connectivity index (χ3n) is 6.10. The van der Waals surface area contributed by atoms with E-state index in [1.165, 1.54) is 24.0 Å². The van der Waals surface area contributed by atoms with Gasteiger partial charge < -0.3 is 14.7 Å². The quantitative estimate of drug-likeness (QED) is 0.849. The van der Waals surface area contributed by atoms with E-state index in [0.717, 1.165) is 50.5 Å². The molecule has 0 radical (unpaired) electrons. The van der Waals surface area contributed by atoms with Crippen LogP contribution in [-0.2, 0) is 13.0 Å². The van der Waals surface area contributed by atoms with Gasteiger partial charge in [0, 0.05) is 19.6 Å². The Balaban J connectivity index is 1.23. The molecule has 2 heterocycles. The second kappa shape index (κ2) is 8.42. The molecule has 1 atom stereocenters. The normalized spacial score (nSPS) is 21.3. The fourth-order valence-electron chi connectivity index (χ4n) is 4.44. The van der Waals surface area contributed by atoms with Crippen LogP contribution in [0.5, 0.6) is 5.75 Å². The Kier molecular flexibility index (Phi) is 5.77. The van der Waals surface area contributed by atoms with Crippen molar-refractivity contribution in [3.8, 4) is 5.75 Å². The lowest BCUT2D eigenvalue weighted by molar-refractivity contribution is -0.00370. The van der Waals surface area contributed by atoms with Gasteiger partial charge >= 0.3 is 0 Å². The lowest BCUT2D eigenvalue weighted by atomic mass is 9.96. The summed E-state index contributed by atoms with van der Waals surface area (Å²) in [6, 6.07) is 16.7. The van der Waals surface area contributed by atoms with Crippen LogP contribution >= 0.6 is 0 Å². The van der Waals surface area contributed by atoms with E-state index < -0.39 is 6.23 Å². The van der Waals surface area contributed by atoms with Crippen LogP contribution in [0.2, 0.25) is 0 Å². The van der Waals surface area contributed by atoms with Gasteiger partial charge in [-0.3, -0.25) is 4.90 Å². The van der Waals surface area contributed by atoms with E-state index in [0.29, 0.717) is 5.92 Å². The molecule has 0 spiro atoms. The maximum Gasteiger partial charge on any atom is 0.134 e. The maximum atomic E-state index is 10.6. The van der Waals surface area contributed by atoms with E-state index in [1.54, 1.807) is 7.11 Å².